The number of aromatic nitrogens is 2. The fourth-order valence-electron chi connectivity index (χ4n) is 4.35. The Kier molecular flexibility index (Phi) is 9.25. The quantitative estimate of drug-likeness (QED) is 0.303. The fourth-order valence-corrected chi connectivity index (χ4v) is 4.70. The molecule has 1 aliphatic rings. The van der Waals surface area contributed by atoms with E-state index in [0.29, 0.717) is 21.3 Å². The predicted octanol–water partition coefficient (Wildman–Crippen LogP) is 7.38. The molecule has 1 aromatic heterocycles. The Bertz CT molecular complexity index is 1480. The Labute approximate surface area is 243 Å². The van der Waals surface area contributed by atoms with Gasteiger partial charge in [-0.05, 0) is 88.9 Å². The number of rotatable bonds is 6. The number of hydrogen-bond acceptors (Lipinski definition) is 6. The summed E-state index contributed by atoms with van der Waals surface area (Å²) in [5, 5.41) is 6.72. The predicted molar refractivity (Wildman–Crippen MR) is 151 cm³/mol. The van der Waals surface area contributed by atoms with Gasteiger partial charge in [0, 0.05) is 16.6 Å². The molecule has 1 amide bonds. The Morgan fingerprint density at radius 3 is 2.56 bits per heavy atom. The van der Waals surface area contributed by atoms with Crippen molar-refractivity contribution in [1.29, 1.82) is 0 Å². The molecule has 12 heteroatoms. The SMILES string of the molecule is Cc1cc(COC2CCCCO2)cc(-c2cc(NC(=O)OC(C)(C)C)c(=O)n(-c3cc(Br)ccc3C(F)(F)F)n2)c1. The summed E-state index contributed by atoms with van der Waals surface area (Å²) in [5.74, 6) is 0. The molecular weight excluding hydrogens is 607 g/mol. The first-order valence-corrected chi connectivity index (χ1v) is 13.8. The van der Waals surface area contributed by atoms with Crippen LogP contribution in [0.4, 0.5) is 23.7 Å². The number of benzene rings is 2. The van der Waals surface area contributed by atoms with Crippen molar-refractivity contribution >= 4 is 27.7 Å². The van der Waals surface area contributed by atoms with E-state index in [-0.39, 0.29) is 24.3 Å². The van der Waals surface area contributed by atoms with Gasteiger partial charge in [-0.3, -0.25) is 10.1 Å². The fraction of sp³-hybridized carbons (Fsp3) is 0.414. The van der Waals surface area contributed by atoms with Crippen molar-refractivity contribution in [2.75, 3.05) is 11.9 Å². The molecule has 3 aromatic rings. The molecule has 1 unspecified atom stereocenters. The molecule has 8 nitrogen and oxygen atoms in total. The number of aryl methyl sites for hydroxylation is 1. The highest BCUT2D eigenvalue weighted by atomic mass is 79.9. The molecule has 2 heterocycles. The average molecular weight is 638 g/mol. The summed E-state index contributed by atoms with van der Waals surface area (Å²) in [7, 11) is 0. The zero-order valence-electron chi connectivity index (χ0n) is 23.1. The third-order valence-corrected chi connectivity index (χ3v) is 6.54. The first kappa shape index (κ1) is 30.7. The van der Waals surface area contributed by atoms with Crippen LogP contribution in [0.5, 0.6) is 0 Å². The number of halogens is 4. The Morgan fingerprint density at radius 1 is 1.15 bits per heavy atom. The lowest BCUT2D eigenvalue weighted by molar-refractivity contribution is -0.168. The van der Waals surface area contributed by atoms with Gasteiger partial charge in [-0.2, -0.15) is 23.0 Å². The normalized spacial score (nSPS) is 16.0. The van der Waals surface area contributed by atoms with Gasteiger partial charge in [0.2, 0.25) is 0 Å². The summed E-state index contributed by atoms with van der Waals surface area (Å²) in [5.41, 5.74) is -1.42. The Balaban J connectivity index is 1.82. The zero-order valence-corrected chi connectivity index (χ0v) is 24.7. The number of carbonyl (C=O) groups excluding carboxylic acids is 1. The molecule has 0 radical (unpaired) electrons. The van der Waals surface area contributed by atoms with Gasteiger partial charge >= 0.3 is 12.3 Å². The van der Waals surface area contributed by atoms with Crippen LogP contribution in [0.15, 0.2) is 51.7 Å². The van der Waals surface area contributed by atoms with Gasteiger partial charge in [0.1, 0.15) is 11.3 Å². The molecule has 1 aliphatic heterocycles. The maximum Gasteiger partial charge on any atom is 0.418 e. The highest BCUT2D eigenvalue weighted by molar-refractivity contribution is 9.10. The van der Waals surface area contributed by atoms with Crippen LogP contribution >= 0.6 is 15.9 Å². The van der Waals surface area contributed by atoms with E-state index in [4.69, 9.17) is 14.2 Å². The highest BCUT2D eigenvalue weighted by Crippen LogP contribution is 2.35. The molecule has 41 heavy (non-hydrogen) atoms. The zero-order chi connectivity index (χ0) is 29.9. The monoisotopic (exact) mass is 637 g/mol. The number of ether oxygens (including phenoxy) is 3. The van der Waals surface area contributed by atoms with Crippen molar-refractivity contribution in [2.24, 2.45) is 0 Å². The van der Waals surface area contributed by atoms with E-state index >= 15 is 0 Å². The second kappa shape index (κ2) is 12.3. The molecule has 2 aromatic carbocycles. The van der Waals surface area contributed by atoms with E-state index in [9.17, 15) is 22.8 Å². The lowest BCUT2D eigenvalue weighted by Crippen LogP contribution is -2.32. The van der Waals surface area contributed by atoms with E-state index in [2.05, 4.69) is 26.3 Å². The molecule has 220 valence electrons. The van der Waals surface area contributed by atoms with Crippen LogP contribution < -0.4 is 10.9 Å². The van der Waals surface area contributed by atoms with Crippen LogP contribution in [-0.2, 0) is 27.0 Å². The van der Waals surface area contributed by atoms with Crippen LogP contribution in [0.1, 0.15) is 56.7 Å². The van der Waals surface area contributed by atoms with E-state index in [0.717, 1.165) is 42.5 Å². The first-order valence-electron chi connectivity index (χ1n) is 13.1. The maximum atomic E-state index is 14.0. The van der Waals surface area contributed by atoms with Crippen LogP contribution in [0.25, 0.3) is 16.9 Å². The average Bonchev–Trinajstić information content (AvgIpc) is 2.87. The standard InChI is InChI=1S/C29H31BrF3N3O5/c1-17-11-18(16-40-25-7-5-6-10-39-25)13-19(12-17)22-15-23(34-27(38)41-28(2,3)4)26(37)36(35-22)24-14-20(30)8-9-21(24)29(31,32)33/h8-9,11-15,25H,5-7,10,16H2,1-4H3,(H,34,38). The molecule has 1 fully saturated rings. The molecule has 1 saturated heterocycles. The van der Waals surface area contributed by atoms with Gasteiger partial charge < -0.3 is 14.2 Å². The van der Waals surface area contributed by atoms with Gasteiger partial charge in [-0.25, -0.2) is 4.79 Å². The van der Waals surface area contributed by atoms with Gasteiger partial charge in [0.05, 0.1) is 23.6 Å². The second-order valence-electron chi connectivity index (χ2n) is 10.8. The number of nitrogens with zero attached hydrogens (tertiary/aromatic N) is 2. The lowest BCUT2D eigenvalue weighted by Gasteiger charge is -2.23. The van der Waals surface area contributed by atoms with Crippen LogP contribution in [-0.4, -0.2) is 34.4 Å². The van der Waals surface area contributed by atoms with E-state index in [1.165, 1.54) is 12.1 Å². The summed E-state index contributed by atoms with van der Waals surface area (Å²) in [6.45, 7) is 7.68. The maximum absolute atomic E-state index is 14.0. The third-order valence-electron chi connectivity index (χ3n) is 6.05. The number of amides is 1. The molecule has 0 bridgehead atoms. The van der Waals surface area contributed by atoms with Crippen LogP contribution in [0, 0.1) is 6.92 Å². The summed E-state index contributed by atoms with van der Waals surface area (Å²) < 4.78 is 59.7. The van der Waals surface area contributed by atoms with Crippen molar-refractivity contribution < 1.29 is 32.2 Å². The summed E-state index contributed by atoms with van der Waals surface area (Å²) in [6.07, 6.45) is -3.23. The lowest BCUT2D eigenvalue weighted by atomic mass is 10.0. The van der Waals surface area contributed by atoms with E-state index in [1.54, 1.807) is 32.9 Å². The molecule has 0 saturated carbocycles. The summed E-state index contributed by atoms with van der Waals surface area (Å²) in [6, 6.07) is 10.0. The number of carbonyl (C=O) groups is 1. The topological polar surface area (TPSA) is 91.7 Å². The molecular formula is C29H31BrF3N3O5. The minimum atomic E-state index is -4.78. The molecule has 1 N–H and O–H groups in total. The van der Waals surface area contributed by atoms with Crippen LogP contribution in [0.3, 0.4) is 0 Å². The summed E-state index contributed by atoms with van der Waals surface area (Å²) in [4.78, 5) is 26.1. The van der Waals surface area contributed by atoms with Crippen molar-refractivity contribution in [2.45, 2.75) is 71.6 Å². The number of alkyl halides is 3. The smallest absolute Gasteiger partial charge is 0.418 e. The number of anilines is 1. The third kappa shape index (κ3) is 8.17. The van der Waals surface area contributed by atoms with Gasteiger partial charge in [0.15, 0.2) is 6.29 Å². The molecule has 0 aliphatic carbocycles. The Hall–Kier alpha value is -3.22. The van der Waals surface area contributed by atoms with Crippen molar-refractivity contribution in [3.05, 3.63) is 74.0 Å². The summed E-state index contributed by atoms with van der Waals surface area (Å²) >= 11 is 3.18. The molecule has 4 rings (SSSR count). The highest BCUT2D eigenvalue weighted by Gasteiger charge is 2.35. The van der Waals surface area contributed by atoms with Gasteiger partial charge in [0.25, 0.3) is 5.56 Å². The number of nitrogens with one attached hydrogen (secondary N) is 1. The van der Waals surface area contributed by atoms with Crippen LogP contribution in [0.2, 0.25) is 0 Å². The van der Waals surface area contributed by atoms with E-state index in [1.807, 2.05) is 13.0 Å². The van der Waals surface area contributed by atoms with E-state index < -0.39 is 34.7 Å². The largest absolute Gasteiger partial charge is 0.444 e. The van der Waals surface area contributed by atoms with Gasteiger partial charge in [-0.1, -0.05) is 27.6 Å². The minimum Gasteiger partial charge on any atom is -0.444 e. The van der Waals surface area contributed by atoms with Gasteiger partial charge in [-0.15, -0.1) is 0 Å². The van der Waals surface area contributed by atoms with Crippen molar-refractivity contribution in [3.63, 3.8) is 0 Å². The minimum absolute atomic E-state index is 0.155. The van der Waals surface area contributed by atoms with Crippen molar-refractivity contribution in [3.8, 4) is 16.9 Å². The number of hydrogen-bond donors (Lipinski definition) is 1. The molecule has 0 spiro atoms. The Morgan fingerprint density at radius 2 is 1.90 bits per heavy atom. The van der Waals surface area contributed by atoms with Crippen molar-refractivity contribution in [1.82, 2.24) is 9.78 Å². The molecule has 1 atom stereocenters. The second-order valence-corrected chi connectivity index (χ2v) is 11.7. The first-order chi connectivity index (χ1) is 19.2.